The van der Waals surface area contributed by atoms with E-state index in [0.29, 0.717) is 12.3 Å². The molecule has 3 atom stereocenters. The molecule has 1 aliphatic carbocycles. The molecule has 0 aromatic heterocycles. The Morgan fingerprint density at radius 2 is 2.35 bits per heavy atom. The first kappa shape index (κ1) is 14.0. The highest BCUT2D eigenvalue weighted by atomic mass is 16.2. The van der Waals surface area contributed by atoms with Gasteiger partial charge in [-0.2, -0.15) is 0 Å². The zero-order valence-corrected chi connectivity index (χ0v) is 10.7. The smallest absolute Gasteiger partial charge is 0.229 e. The molecule has 17 heavy (non-hydrogen) atoms. The summed E-state index contributed by atoms with van der Waals surface area (Å²) in [5, 5.41) is 5.39. The largest absolute Gasteiger partial charge is 0.355 e. The van der Waals surface area contributed by atoms with Gasteiger partial charge in [-0.15, -0.1) is 0 Å². The van der Waals surface area contributed by atoms with Gasteiger partial charge < -0.3 is 16.4 Å². The summed E-state index contributed by atoms with van der Waals surface area (Å²) in [7, 11) is 0. The summed E-state index contributed by atoms with van der Waals surface area (Å²) < 4.78 is 0. The quantitative estimate of drug-likeness (QED) is 0.423. The summed E-state index contributed by atoms with van der Waals surface area (Å²) in [5.41, 5.74) is 4.92. The molecule has 2 amide bonds. The van der Waals surface area contributed by atoms with E-state index in [9.17, 15) is 9.59 Å². The van der Waals surface area contributed by atoms with Crippen LogP contribution in [0.25, 0.3) is 0 Å². The fraction of sp³-hybridized carbons (Fsp3) is 0.833. The van der Waals surface area contributed by atoms with Gasteiger partial charge in [-0.05, 0) is 25.7 Å². The number of carbonyl (C=O) groups is 2. The van der Waals surface area contributed by atoms with Crippen LogP contribution in [0, 0.1) is 11.3 Å². The third-order valence-electron chi connectivity index (χ3n) is 3.83. The molecule has 0 aromatic carbocycles. The van der Waals surface area contributed by atoms with Gasteiger partial charge in [-0.1, -0.05) is 19.8 Å². The maximum atomic E-state index is 12.1. The van der Waals surface area contributed by atoms with Crippen molar-refractivity contribution in [1.82, 2.24) is 10.6 Å². The van der Waals surface area contributed by atoms with Crippen molar-refractivity contribution in [1.29, 1.82) is 0 Å². The number of unbranched alkanes of at least 4 members (excludes halogenated alkanes) is 1. The Morgan fingerprint density at radius 1 is 1.65 bits per heavy atom. The number of hydrogen-bond acceptors (Lipinski definition) is 3. The van der Waals surface area contributed by atoms with Gasteiger partial charge >= 0.3 is 0 Å². The Kier molecular flexibility index (Phi) is 4.93. The van der Waals surface area contributed by atoms with Crippen LogP contribution in [0.4, 0.5) is 0 Å². The lowest BCUT2D eigenvalue weighted by Crippen LogP contribution is -2.47. The first-order valence-corrected chi connectivity index (χ1v) is 6.31. The Hall–Kier alpha value is -1.10. The first-order chi connectivity index (χ1) is 8.13. The number of rotatable bonds is 8. The summed E-state index contributed by atoms with van der Waals surface area (Å²) in [5.74, 6) is 0.347. The highest BCUT2D eigenvalue weighted by Crippen LogP contribution is 2.57. The molecule has 0 aromatic rings. The van der Waals surface area contributed by atoms with Crippen molar-refractivity contribution in [3.05, 3.63) is 0 Å². The van der Waals surface area contributed by atoms with Gasteiger partial charge in [0, 0.05) is 6.04 Å². The SMILES string of the molecule is CCCCC1C[C@@]1(C(=O)NCN)[C@@H](C)NC=O. The van der Waals surface area contributed by atoms with E-state index < -0.39 is 5.41 Å². The molecule has 0 saturated heterocycles. The first-order valence-electron chi connectivity index (χ1n) is 6.31. The molecule has 1 rings (SSSR count). The number of carbonyl (C=O) groups excluding carboxylic acids is 2. The lowest BCUT2D eigenvalue weighted by Gasteiger charge is -2.23. The van der Waals surface area contributed by atoms with E-state index in [0.717, 1.165) is 25.7 Å². The maximum absolute atomic E-state index is 12.1. The lowest BCUT2D eigenvalue weighted by atomic mass is 9.92. The Balaban J connectivity index is 2.67. The third-order valence-corrected chi connectivity index (χ3v) is 3.83. The zero-order chi connectivity index (χ0) is 12.9. The predicted molar refractivity (Wildman–Crippen MR) is 65.9 cm³/mol. The van der Waals surface area contributed by atoms with Crippen molar-refractivity contribution in [2.24, 2.45) is 17.1 Å². The molecule has 98 valence electrons. The highest BCUT2D eigenvalue weighted by Gasteiger charge is 2.62. The van der Waals surface area contributed by atoms with Gasteiger partial charge in [0.25, 0.3) is 0 Å². The van der Waals surface area contributed by atoms with E-state index in [4.69, 9.17) is 5.73 Å². The third kappa shape index (κ3) is 2.77. The van der Waals surface area contributed by atoms with Crippen molar-refractivity contribution in [3.63, 3.8) is 0 Å². The molecule has 0 heterocycles. The predicted octanol–water partition coefficient (Wildman–Crippen LogP) is 0.350. The van der Waals surface area contributed by atoms with Gasteiger partial charge in [0.05, 0.1) is 12.1 Å². The van der Waals surface area contributed by atoms with Gasteiger partial charge in [0.1, 0.15) is 0 Å². The van der Waals surface area contributed by atoms with E-state index in [2.05, 4.69) is 17.6 Å². The molecule has 0 radical (unpaired) electrons. The summed E-state index contributed by atoms with van der Waals surface area (Å²) in [6.07, 6.45) is 4.80. The van der Waals surface area contributed by atoms with Crippen LogP contribution in [0.2, 0.25) is 0 Å². The number of hydrogen-bond donors (Lipinski definition) is 3. The molecule has 4 N–H and O–H groups in total. The number of amides is 2. The van der Waals surface area contributed by atoms with E-state index in [1.807, 2.05) is 6.92 Å². The van der Waals surface area contributed by atoms with Crippen LogP contribution in [0.3, 0.4) is 0 Å². The maximum Gasteiger partial charge on any atom is 0.229 e. The van der Waals surface area contributed by atoms with Crippen LogP contribution >= 0.6 is 0 Å². The van der Waals surface area contributed by atoms with Gasteiger partial charge in [-0.25, -0.2) is 0 Å². The topological polar surface area (TPSA) is 84.2 Å². The molecule has 0 aliphatic heterocycles. The van der Waals surface area contributed by atoms with E-state index in [1.165, 1.54) is 0 Å². The molecule has 5 nitrogen and oxygen atoms in total. The standard InChI is InChI=1S/C12H23N3O2/c1-3-4-5-10-6-12(10,9(2)15-8-16)11(17)14-7-13/h8-10H,3-7,13H2,1-2H3,(H,14,17)(H,15,16)/t9-,10?,12-/m1/s1. The molecular weight excluding hydrogens is 218 g/mol. The second kappa shape index (κ2) is 6.00. The second-order valence-electron chi connectivity index (χ2n) is 4.80. The molecule has 1 fully saturated rings. The van der Waals surface area contributed by atoms with E-state index >= 15 is 0 Å². The van der Waals surface area contributed by atoms with Gasteiger partial charge in [0.2, 0.25) is 12.3 Å². The van der Waals surface area contributed by atoms with Gasteiger partial charge in [-0.3, -0.25) is 9.59 Å². The molecule has 0 bridgehead atoms. The van der Waals surface area contributed by atoms with Crippen LogP contribution in [0.1, 0.15) is 39.5 Å². The van der Waals surface area contributed by atoms with Gasteiger partial charge in [0.15, 0.2) is 0 Å². The fourth-order valence-corrected chi connectivity index (χ4v) is 2.67. The normalized spacial score (nSPS) is 28.3. The fourth-order valence-electron chi connectivity index (χ4n) is 2.67. The summed E-state index contributed by atoms with van der Waals surface area (Å²) >= 11 is 0. The van der Waals surface area contributed by atoms with Crippen LogP contribution in [0.15, 0.2) is 0 Å². The zero-order valence-electron chi connectivity index (χ0n) is 10.7. The number of nitrogens with one attached hydrogen (secondary N) is 2. The molecular formula is C12H23N3O2. The monoisotopic (exact) mass is 241 g/mol. The summed E-state index contributed by atoms with van der Waals surface area (Å²) in [6, 6.07) is -0.131. The van der Waals surface area contributed by atoms with E-state index in [-0.39, 0.29) is 18.6 Å². The minimum Gasteiger partial charge on any atom is -0.355 e. The molecule has 1 aliphatic rings. The van der Waals surface area contributed by atoms with Crippen molar-refractivity contribution < 1.29 is 9.59 Å². The molecule has 1 unspecified atom stereocenters. The van der Waals surface area contributed by atoms with E-state index in [1.54, 1.807) is 0 Å². The average Bonchev–Trinajstić information content (AvgIpc) is 3.03. The Bertz CT molecular complexity index is 283. The van der Waals surface area contributed by atoms with Crippen LogP contribution in [-0.4, -0.2) is 25.0 Å². The Labute approximate surface area is 103 Å². The van der Waals surface area contributed by atoms with Crippen LogP contribution in [0.5, 0.6) is 0 Å². The van der Waals surface area contributed by atoms with Crippen molar-refractivity contribution in [3.8, 4) is 0 Å². The molecule has 0 spiro atoms. The summed E-state index contributed by atoms with van der Waals surface area (Å²) in [4.78, 5) is 22.6. The average molecular weight is 241 g/mol. The van der Waals surface area contributed by atoms with Crippen molar-refractivity contribution >= 4 is 12.3 Å². The molecule has 1 saturated carbocycles. The number of nitrogens with two attached hydrogens (primary N) is 1. The second-order valence-corrected chi connectivity index (χ2v) is 4.80. The Morgan fingerprint density at radius 3 is 2.88 bits per heavy atom. The minimum absolute atomic E-state index is 0.0250. The minimum atomic E-state index is -0.435. The van der Waals surface area contributed by atoms with Crippen molar-refractivity contribution in [2.45, 2.75) is 45.6 Å². The van der Waals surface area contributed by atoms with Crippen molar-refractivity contribution in [2.75, 3.05) is 6.67 Å². The molecule has 5 heteroatoms. The van der Waals surface area contributed by atoms with Crippen LogP contribution in [-0.2, 0) is 9.59 Å². The lowest BCUT2D eigenvalue weighted by molar-refractivity contribution is -0.128. The highest BCUT2D eigenvalue weighted by molar-refractivity contribution is 5.87. The van der Waals surface area contributed by atoms with Crippen LogP contribution < -0.4 is 16.4 Å². The summed E-state index contributed by atoms with van der Waals surface area (Å²) in [6.45, 7) is 4.17.